The molecule has 14 nitrogen and oxygen atoms in total. The molecule has 0 amide bonds. The molecule has 0 saturated heterocycles. The maximum atomic E-state index is 10.6. The zero-order valence-electron chi connectivity index (χ0n) is 12.8. The summed E-state index contributed by atoms with van der Waals surface area (Å²) in [5.74, 6) is -4.91. The number of carboxylic acids is 4. The molecular formula is C10H19N2O12P. The molecule has 15 heteroatoms. The summed E-state index contributed by atoms with van der Waals surface area (Å²) in [6, 6.07) is 0. The van der Waals surface area contributed by atoms with Crippen molar-refractivity contribution in [3.05, 3.63) is 0 Å². The second-order valence-electron chi connectivity index (χ2n) is 4.51. The lowest BCUT2D eigenvalue weighted by molar-refractivity contribution is -0.145. The Hall–Kier alpha value is -2.09. The van der Waals surface area contributed by atoms with Crippen molar-refractivity contribution in [3.8, 4) is 0 Å². The van der Waals surface area contributed by atoms with E-state index in [2.05, 4.69) is 0 Å². The number of carbonyl (C=O) groups is 4. The first-order chi connectivity index (χ1) is 11.2. The van der Waals surface area contributed by atoms with Crippen LogP contribution in [0.5, 0.6) is 0 Å². The first-order valence-electron chi connectivity index (χ1n) is 6.31. The molecule has 0 saturated carbocycles. The monoisotopic (exact) mass is 390 g/mol. The summed E-state index contributed by atoms with van der Waals surface area (Å²) in [5.41, 5.74) is 0. The van der Waals surface area contributed by atoms with Crippen molar-refractivity contribution in [1.29, 1.82) is 0 Å². The Kier molecular flexibility index (Phi) is 12.4. The second kappa shape index (κ2) is 12.3. The van der Waals surface area contributed by atoms with Gasteiger partial charge < -0.3 is 35.1 Å². The average molecular weight is 390 g/mol. The molecule has 0 aromatic carbocycles. The van der Waals surface area contributed by atoms with Crippen LogP contribution in [-0.2, 0) is 23.7 Å². The Bertz CT molecular complexity index is 442. The zero-order valence-corrected chi connectivity index (χ0v) is 13.7. The van der Waals surface area contributed by atoms with Crippen LogP contribution in [0, 0.1) is 0 Å². The lowest BCUT2D eigenvalue weighted by atomic mass is 10.4. The Labute approximate surface area is 140 Å². The van der Waals surface area contributed by atoms with Gasteiger partial charge in [0.2, 0.25) is 0 Å². The van der Waals surface area contributed by atoms with E-state index in [4.69, 9.17) is 39.7 Å². The highest BCUT2D eigenvalue weighted by Crippen LogP contribution is 2.25. The Morgan fingerprint density at radius 1 is 0.600 bits per heavy atom. The van der Waals surface area contributed by atoms with Gasteiger partial charge in [0.25, 0.3) is 0 Å². The molecule has 0 aliphatic carbocycles. The highest BCUT2D eigenvalue weighted by atomic mass is 31.2. The topological polar surface area (TPSA) is 233 Å². The van der Waals surface area contributed by atoms with Gasteiger partial charge in [0, 0.05) is 13.1 Å². The second-order valence-corrected chi connectivity index (χ2v) is 5.54. The van der Waals surface area contributed by atoms with Gasteiger partial charge in [0.05, 0.1) is 26.2 Å². The van der Waals surface area contributed by atoms with Crippen molar-refractivity contribution in [2.75, 3.05) is 39.3 Å². The van der Waals surface area contributed by atoms with E-state index in [0.717, 1.165) is 9.80 Å². The van der Waals surface area contributed by atoms with Crippen LogP contribution >= 0.6 is 7.82 Å². The van der Waals surface area contributed by atoms with E-state index < -0.39 is 57.9 Å². The van der Waals surface area contributed by atoms with Crippen LogP contribution in [0.1, 0.15) is 0 Å². The van der Waals surface area contributed by atoms with Gasteiger partial charge in [-0.05, 0) is 0 Å². The highest BCUT2D eigenvalue weighted by Gasteiger charge is 2.17. The highest BCUT2D eigenvalue weighted by molar-refractivity contribution is 7.45. The molecule has 0 unspecified atom stereocenters. The standard InChI is InChI=1S/C10H16N2O8.H3O4P/c13-7(14)3-11(4-8(15)16)1-2-12(5-9(17)18)6-10(19)20;1-5(2,3)4/h1-6H2,(H,13,14)(H,15,16)(H,17,18)(H,19,20);(H3,1,2,3,4). The van der Waals surface area contributed by atoms with Crippen molar-refractivity contribution in [1.82, 2.24) is 9.80 Å². The molecule has 0 aromatic rings. The van der Waals surface area contributed by atoms with Gasteiger partial charge in [-0.3, -0.25) is 29.0 Å². The molecule has 0 aromatic heterocycles. The minimum Gasteiger partial charge on any atom is -0.480 e. The molecule has 0 aliphatic heterocycles. The van der Waals surface area contributed by atoms with Gasteiger partial charge in [-0.2, -0.15) is 0 Å². The first kappa shape index (κ1) is 25.2. The van der Waals surface area contributed by atoms with E-state index in [1.165, 1.54) is 0 Å². The fourth-order valence-electron chi connectivity index (χ4n) is 1.48. The van der Waals surface area contributed by atoms with Gasteiger partial charge in [0.15, 0.2) is 0 Å². The normalized spacial score (nSPS) is 10.9. The fraction of sp³-hybridized carbons (Fsp3) is 0.600. The summed E-state index contributed by atoms with van der Waals surface area (Å²) < 4.78 is 8.88. The number of hydrogen-bond acceptors (Lipinski definition) is 7. The number of carboxylic acid groups (broad SMARTS) is 4. The number of rotatable bonds is 11. The molecule has 7 N–H and O–H groups in total. The third-order valence-corrected chi connectivity index (χ3v) is 2.17. The van der Waals surface area contributed by atoms with Crippen LogP contribution in [0.2, 0.25) is 0 Å². The minimum atomic E-state index is -4.64. The Balaban J connectivity index is 0. The Morgan fingerprint density at radius 2 is 0.760 bits per heavy atom. The quantitative estimate of drug-likeness (QED) is 0.174. The Morgan fingerprint density at radius 3 is 0.880 bits per heavy atom. The van der Waals surface area contributed by atoms with Crippen molar-refractivity contribution in [3.63, 3.8) is 0 Å². The number of hydrogen-bond donors (Lipinski definition) is 7. The van der Waals surface area contributed by atoms with E-state index in [9.17, 15) is 19.2 Å². The lowest BCUT2D eigenvalue weighted by Gasteiger charge is -2.23. The SMILES string of the molecule is O=C(O)CN(CCN(CC(=O)O)CC(=O)O)CC(=O)O.O=P(O)(O)O. The molecule has 0 aliphatic rings. The third-order valence-electron chi connectivity index (χ3n) is 2.17. The smallest absolute Gasteiger partial charge is 0.466 e. The predicted molar refractivity (Wildman–Crippen MR) is 77.7 cm³/mol. The zero-order chi connectivity index (χ0) is 20.2. The molecule has 0 heterocycles. The number of phosphoric acid groups is 1. The molecule has 0 fully saturated rings. The van der Waals surface area contributed by atoms with Crippen molar-refractivity contribution in [2.45, 2.75) is 0 Å². The van der Waals surface area contributed by atoms with Crippen LogP contribution in [-0.4, -0.2) is 108 Å². The summed E-state index contributed by atoms with van der Waals surface area (Å²) in [4.78, 5) is 65.9. The summed E-state index contributed by atoms with van der Waals surface area (Å²) in [6.07, 6.45) is 0. The largest absolute Gasteiger partial charge is 0.480 e. The van der Waals surface area contributed by atoms with Crippen molar-refractivity contribution in [2.24, 2.45) is 0 Å². The molecule has 0 radical (unpaired) electrons. The molecule has 0 rings (SSSR count). The molecule has 0 bridgehead atoms. The van der Waals surface area contributed by atoms with Crippen molar-refractivity contribution >= 4 is 31.7 Å². The van der Waals surface area contributed by atoms with Gasteiger partial charge in [-0.1, -0.05) is 0 Å². The van der Waals surface area contributed by atoms with Crippen LogP contribution in [0.3, 0.4) is 0 Å². The van der Waals surface area contributed by atoms with Crippen LogP contribution in [0.25, 0.3) is 0 Å². The maximum absolute atomic E-state index is 10.6. The fourth-order valence-corrected chi connectivity index (χ4v) is 1.48. The van der Waals surface area contributed by atoms with Crippen LogP contribution < -0.4 is 0 Å². The molecule has 146 valence electrons. The molecule has 25 heavy (non-hydrogen) atoms. The maximum Gasteiger partial charge on any atom is 0.466 e. The molecule has 0 spiro atoms. The summed E-state index contributed by atoms with van der Waals surface area (Å²) >= 11 is 0. The van der Waals surface area contributed by atoms with Gasteiger partial charge in [-0.15, -0.1) is 0 Å². The summed E-state index contributed by atoms with van der Waals surface area (Å²) in [6.45, 7) is -2.25. The third kappa shape index (κ3) is 24.3. The van der Waals surface area contributed by atoms with Gasteiger partial charge >= 0.3 is 31.7 Å². The summed E-state index contributed by atoms with van der Waals surface area (Å²) in [7, 11) is -4.64. The minimum absolute atomic E-state index is 0.0703. The van der Waals surface area contributed by atoms with Crippen LogP contribution in [0.15, 0.2) is 0 Å². The van der Waals surface area contributed by atoms with E-state index in [1.54, 1.807) is 0 Å². The molecular weight excluding hydrogens is 371 g/mol. The first-order valence-corrected chi connectivity index (χ1v) is 7.87. The lowest BCUT2D eigenvalue weighted by Crippen LogP contribution is -2.43. The summed E-state index contributed by atoms with van der Waals surface area (Å²) in [5, 5.41) is 34.5. The van der Waals surface area contributed by atoms with Gasteiger partial charge in [-0.25, -0.2) is 4.57 Å². The molecule has 0 atom stereocenters. The van der Waals surface area contributed by atoms with Crippen LogP contribution in [0.4, 0.5) is 0 Å². The van der Waals surface area contributed by atoms with E-state index in [1.807, 2.05) is 0 Å². The van der Waals surface area contributed by atoms with Crippen molar-refractivity contribution < 1.29 is 58.8 Å². The van der Waals surface area contributed by atoms with E-state index in [0.29, 0.717) is 0 Å². The average Bonchev–Trinajstić information content (AvgIpc) is 2.30. The van der Waals surface area contributed by atoms with E-state index >= 15 is 0 Å². The number of aliphatic carboxylic acids is 4. The number of nitrogens with zero attached hydrogens (tertiary/aromatic N) is 2. The van der Waals surface area contributed by atoms with E-state index in [-0.39, 0.29) is 13.1 Å². The van der Waals surface area contributed by atoms with Gasteiger partial charge in [0.1, 0.15) is 0 Å². The predicted octanol–water partition coefficient (Wildman–Crippen LogP) is -3.00.